The van der Waals surface area contributed by atoms with Gasteiger partial charge < -0.3 is 15.2 Å². The molecular weight excluding hydrogens is 418 g/mol. The van der Waals surface area contributed by atoms with Crippen molar-refractivity contribution in [2.75, 3.05) is 31.5 Å². The predicted octanol–water partition coefficient (Wildman–Crippen LogP) is 1.99. The smallest absolute Gasteiger partial charge is 0.270 e. The average Bonchev–Trinajstić information content (AvgIpc) is 3.48. The number of amides is 2. The van der Waals surface area contributed by atoms with Crippen LogP contribution in [0.3, 0.4) is 0 Å². The minimum Gasteiger partial charge on any atom is -0.356 e. The Morgan fingerprint density at radius 2 is 1.94 bits per heavy atom. The van der Waals surface area contributed by atoms with Gasteiger partial charge in [0.15, 0.2) is 0 Å². The summed E-state index contributed by atoms with van der Waals surface area (Å²) >= 11 is 0. The Balaban J connectivity index is 1.44. The largest absolute Gasteiger partial charge is 0.356 e. The average molecular weight is 446 g/mol. The molecule has 2 aromatic heterocycles. The number of piperidine rings is 1. The molecule has 2 aromatic rings. The number of rotatable bonds is 5. The van der Waals surface area contributed by atoms with E-state index < -0.39 is 15.9 Å². The van der Waals surface area contributed by atoms with Gasteiger partial charge in [0, 0.05) is 38.6 Å². The number of likely N-dealkylation sites (tertiary alicyclic amines) is 1. The fourth-order valence-electron chi connectivity index (χ4n) is 4.03. The summed E-state index contributed by atoms with van der Waals surface area (Å²) in [7, 11) is -3.81. The maximum Gasteiger partial charge on any atom is 0.270 e. The minimum atomic E-state index is -3.81. The van der Waals surface area contributed by atoms with Crippen LogP contribution in [0.1, 0.15) is 41.7 Å². The first kappa shape index (κ1) is 21.5. The number of hydrogen-bond acceptors (Lipinski definition) is 5. The molecule has 0 aliphatic carbocycles. The second-order valence-electron chi connectivity index (χ2n) is 8.16. The number of sulfonamides is 1. The van der Waals surface area contributed by atoms with Gasteiger partial charge in [-0.3, -0.25) is 9.59 Å². The Bertz CT molecular complexity index is 1060. The number of nitrogens with one attached hydrogen (secondary N) is 2. The number of anilines is 1. The summed E-state index contributed by atoms with van der Waals surface area (Å²) in [6, 6.07) is 4.98. The predicted molar refractivity (Wildman–Crippen MR) is 115 cm³/mol. The standard InChI is InChI=1S/C21H27N5O4S/c1-15-6-7-19(23-12-15)24-20(27)16-5-4-10-26(14-16)31(29,30)17-11-18(22-13-17)21(28)25-8-2-3-9-25/h6-7,11-13,16,22H,2-5,8-10,14H2,1H3,(H,23,24,27). The van der Waals surface area contributed by atoms with Crippen LogP contribution in [0.4, 0.5) is 5.82 Å². The monoisotopic (exact) mass is 445 g/mol. The normalized spacial score (nSPS) is 20.0. The molecule has 2 amide bonds. The molecule has 0 aromatic carbocycles. The van der Waals surface area contributed by atoms with E-state index in [-0.39, 0.29) is 28.9 Å². The third kappa shape index (κ3) is 4.64. The summed E-state index contributed by atoms with van der Waals surface area (Å²) in [5.41, 5.74) is 1.26. The van der Waals surface area contributed by atoms with E-state index >= 15 is 0 Å². The number of aromatic nitrogens is 2. The van der Waals surface area contributed by atoms with Crippen LogP contribution in [-0.4, -0.2) is 65.6 Å². The molecule has 2 saturated heterocycles. The highest BCUT2D eigenvalue weighted by molar-refractivity contribution is 7.89. The molecule has 0 saturated carbocycles. The van der Waals surface area contributed by atoms with Gasteiger partial charge in [-0.25, -0.2) is 13.4 Å². The summed E-state index contributed by atoms with van der Waals surface area (Å²) in [5.74, 6) is -0.432. The lowest BCUT2D eigenvalue weighted by atomic mass is 9.99. The van der Waals surface area contributed by atoms with Crippen LogP contribution in [0, 0.1) is 12.8 Å². The van der Waals surface area contributed by atoms with E-state index in [0.29, 0.717) is 38.3 Å². The van der Waals surface area contributed by atoms with Crippen molar-refractivity contribution in [3.8, 4) is 0 Å². The van der Waals surface area contributed by atoms with Crippen molar-refractivity contribution in [2.45, 2.75) is 37.5 Å². The zero-order valence-electron chi connectivity index (χ0n) is 17.5. The highest BCUT2D eigenvalue weighted by Gasteiger charge is 2.34. The van der Waals surface area contributed by atoms with Gasteiger partial charge in [0.1, 0.15) is 16.4 Å². The number of aryl methyl sites for hydroxylation is 1. The van der Waals surface area contributed by atoms with Crippen molar-refractivity contribution in [1.82, 2.24) is 19.2 Å². The highest BCUT2D eigenvalue weighted by atomic mass is 32.2. The van der Waals surface area contributed by atoms with Gasteiger partial charge in [0.05, 0.1) is 5.92 Å². The first-order valence-electron chi connectivity index (χ1n) is 10.6. The molecule has 2 fully saturated rings. The minimum absolute atomic E-state index is 0.0521. The van der Waals surface area contributed by atoms with Crippen molar-refractivity contribution in [3.05, 3.63) is 41.9 Å². The molecule has 2 aliphatic heterocycles. The Kier molecular flexibility index (Phi) is 6.10. The van der Waals surface area contributed by atoms with Gasteiger partial charge in [-0.05, 0) is 50.3 Å². The number of hydrogen-bond donors (Lipinski definition) is 2. The zero-order valence-corrected chi connectivity index (χ0v) is 18.3. The molecule has 1 atom stereocenters. The lowest BCUT2D eigenvalue weighted by Gasteiger charge is -2.30. The van der Waals surface area contributed by atoms with E-state index in [2.05, 4.69) is 15.3 Å². The third-order valence-electron chi connectivity index (χ3n) is 5.84. The van der Waals surface area contributed by atoms with Crippen LogP contribution in [0.5, 0.6) is 0 Å². The number of carbonyl (C=O) groups is 2. The second-order valence-corrected chi connectivity index (χ2v) is 10.1. The molecule has 1 unspecified atom stereocenters. The molecule has 0 bridgehead atoms. The van der Waals surface area contributed by atoms with Crippen LogP contribution in [0.25, 0.3) is 0 Å². The topological polar surface area (TPSA) is 115 Å². The van der Waals surface area contributed by atoms with Gasteiger partial charge in [-0.1, -0.05) is 6.07 Å². The van der Waals surface area contributed by atoms with Crippen molar-refractivity contribution in [3.63, 3.8) is 0 Å². The second kappa shape index (κ2) is 8.80. The number of aromatic amines is 1. The molecule has 4 heterocycles. The van der Waals surface area contributed by atoms with Crippen LogP contribution in [0.15, 0.2) is 35.5 Å². The number of nitrogens with zero attached hydrogens (tertiary/aromatic N) is 3. The fourth-order valence-corrected chi connectivity index (χ4v) is 5.55. The van der Waals surface area contributed by atoms with E-state index in [0.717, 1.165) is 18.4 Å². The maximum absolute atomic E-state index is 13.1. The fraction of sp³-hybridized carbons (Fsp3) is 0.476. The van der Waals surface area contributed by atoms with Crippen molar-refractivity contribution < 1.29 is 18.0 Å². The van der Waals surface area contributed by atoms with E-state index in [9.17, 15) is 18.0 Å². The Labute approximate surface area is 181 Å². The molecule has 166 valence electrons. The molecular formula is C21H27N5O4S. The van der Waals surface area contributed by atoms with Gasteiger partial charge in [-0.15, -0.1) is 0 Å². The first-order chi connectivity index (χ1) is 14.8. The van der Waals surface area contributed by atoms with Crippen LogP contribution >= 0.6 is 0 Å². The van der Waals surface area contributed by atoms with Gasteiger partial charge in [0.25, 0.3) is 5.91 Å². The molecule has 31 heavy (non-hydrogen) atoms. The van der Waals surface area contributed by atoms with Gasteiger partial charge >= 0.3 is 0 Å². The van der Waals surface area contributed by atoms with Crippen LogP contribution < -0.4 is 5.32 Å². The van der Waals surface area contributed by atoms with Gasteiger partial charge in [0.2, 0.25) is 15.9 Å². The summed E-state index contributed by atoms with van der Waals surface area (Å²) < 4.78 is 27.6. The Morgan fingerprint density at radius 1 is 1.16 bits per heavy atom. The summed E-state index contributed by atoms with van der Waals surface area (Å²) in [4.78, 5) is 34.0. The number of pyridine rings is 1. The quantitative estimate of drug-likeness (QED) is 0.730. The molecule has 0 radical (unpaired) electrons. The van der Waals surface area contributed by atoms with Crippen LogP contribution in [0.2, 0.25) is 0 Å². The summed E-state index contributed by atoms with van der Waals surface area (Å²) in [5, 5.41) is 2.77. The molecule has 0 spiro atoms. The lowest BCUT2D eigenvalue weighted by Crippen LogP contribution is -2.43. The lowest BCUT2D eigenvalue weighted by molar-refractivity contribution is -0.120. The third-order valence-corrected chi connectivity index (χ3v) is 7.68. The summed E-state index contributed by atoms with van der Waals surface area (Å²) in [6.07, 6.45) is 6.15. The molecule has 9 nitrogen and oxygen atoms in total. The van der Waals surface area contributed by atoms with Crippen molar-refractivity contribution in [1.29, 1.82) is 0 Å². The highest BCUT2D eigenvalue weighted by Crippen LogP contribution is 2.25. The molecule has 4 rings (SSSR count). The number of H-pyrrole nitrogens is 1. The maximum atomic E-state index is 13.1. The van der Waals surface area contributed by atoms with E-state index in [4.69, 9.17) is 0 Å². The Hall–Kier alpha value is -2.72. The van der Waals surface area contributed by atoms with E-state index in [1.807, 2.05) is 13.0 Å². The van der Waals surface area contributed by atoms with E-state index in [1.54, 1.807) is 17.2 Å². The SMILES string of the molecule is Cc1ccc(NC(=O)C2CCCN(S(=O)(=O)c3c[nH]c(C(=O)N4CCCC4)c3)C2)nc1. The van der Waals surface area contributed by atoms with Gasteiger partial charge in [-0.2, -0.15) is 4.31 Å². The van der Waals surface area contributed by atoms with Crippen molar-refractivity contribution >= 4 is 27.7 Å². The number of carbonyl (C=O) groups excluding carboxylic acids is 2. The zero-order chi connectivity index (χ0) is 22.0. The van der Waals surface area contributed by atoms with Crippen LogP contribution in [-0.2, 0) is 14.8 Å². The molecule has 10 heteroatoms. The molecule has 2 aliphatic rings. The molecule has 2 N–H and O–H groups in total. The van der Waals surface area contributed by atoms with E-state index in [1.165, 1.54) is 16.6 Å². The Morgan fingerprint density at radius 3 is 2.65 bits per heavy atom. The first-order valence-corrected chi connectivity index (χ1v) is 12.0. The summed E-state index contributed by atoms with van der Waals surface area (Å²) in [6.45, 7) is 3.74. The van der Waals surface area contributed by atoms with Crippen molar-refractivity contribution in [2.24, 2.45) is 5.92 Å².